The highest BCUT2D eigenvalue weighted by Gasteiger charge is 2.20. The van der Waals surface area contributed by atoms with Gasteiger partial charge in [-0.1, -0.05) is 12.1 Å². The first kappa shape index (κ1) is 18.2. The molecule has 2 rings (SSSR count). The van der Waals surface area contributed by atoms with Gasteiger partial charge in [0.05, 0.1) is 0 Å². The van der Waals surface area contributed by atoms with Crippen LogP contribution in [0.1, 0.15) is 49.5 Å². The lowest BCUT2D eigenvalue weighted by atomic mass is 10.1. The van der Waals surface area contributed by atoms with Crippen LogP contribution in [0.3, 0.4) is 0 Å². The van der Waals surface area contributed by atoms with Crippen LogP contribution in [-0.2, 0) is 11.3 Å². The Labute approximate surface area is 148 Å². The maximum Gasteiger partial charge on any atom is 0.269 e. The summed E-state index contributed by atoms with van der Waals surface area (Å²) in [4.78, 5) is 25.7. The molecule has 0 bridgehead atoms. The summed E-state index contributed by atoms with van der Waals surface area (Å²) in [6.07, 6.45) is 1.52. The third kappa shape index (κ3) is 5.49. The zero-order chi connectivity index (χ0) is 17.7. The molecule has 2 amide bonds. The highest BCUT2D eigenvalue weighted by molar-refractivity contribution is 7.80. The monoisotopic (exact) mass is 348 g/mol. The van der Waals surface area contributed by atoms with Gasteiger partial charge in [0.2, 0.25) is 5.91 Å². The fourth-order valence-corrected chi connectivity index (χ4v) is 2.82. The Morgan fingerprint density at radius 2 is 2.04 bits per heavy atom. The van der Waals surface area contributed by atoms with E-state index in [4.69, 9.17) is 12.2 Å². The molecule has 1 heterocycles. The summed E-state index contributed by atoms with van der Waals surface area (Å²) in [5, 5.41) is 3.41. The van der Waals surface area contributed by atoms with Crippen LogP contribution in [0, 0.1) is 0 Å². The molecule has 0 radical (unpaired) electrons. The smallest absolute Gasteiger partial charge is 0.269 e. The number of carbonyl (C=O) groups excluding carboxylic acids is 2. The van der Waals surface area contributed by atoms with Gasteiger partial charge in [-0.3, -0.25) is 20.4 Å². The molecule has 1 aliphatic rings. The van der Waals surface area contributed by atoms with Crippen molar-refractivity contribution < 1.29 is 9.59 Å². The summed E-state index contributed by atoms with van der Waals surface area (Å²) < 4.78 is 0. The van der Waals surface area contributed by atoms with E-state index in [-0.39, 0.29) is 17.4 Å². The SMILES string of the molecule is CC(C)(C)NC(=S)NNC(=O)c1cccc(CN2CCCC2=O)c1. The lowest BCUT2D eigenvalue weighted by Crippen LogP contribution is -2.52. The van der Waals surface area contributed by atoms with Crippen molar-refractivity contribution in [3.05, 3.63) is 35.4 Å². The van der Waals surface area contributed by atoms with Gasteiger partial charge in [-0.15, -0.1) is 0 Å². The first-order valence-corrected chi connectivity index (χ1v) is 8.41. The molecule has 1 aromatic carbocycles. The predicted octanol–water partition coefficient (Wildman–Crippen LogP) is 1.72. The Bertz CT molecular complexity index is 640. The van der Waals surface area contributed by atoms with Crippen LogP contribution in [0.25, 0.3) is 0 Å². The maximum absolute atomic E-state index is 12.2. The summed E-state index contributed by atoms with van der Waals surface area (Å²) in [5.74, 6) is -0.104. The molecule has 6 nitrogen and oxygen atoms in total. The largest absolute Gasteiger partial charge is 0.357 e. The number of nitrogens with zero attached hydrogens (tertiary/aromatic N) is 1. The third-order valence-electron chi connectivity index (χ3n) is 3.51. The van der Waals surface area contributed by atoms with Crippen molar-refractivity contribution in [1.82, 2.24) is 21.1 Å². The molecule has 1 fully saturated rings. The van der Waals surface area contributed by atoms with Crippen LogP contribution in [0.5, 0.6) is 0 Å². The normalized spacial score (nSPS) is 14.5. The van der Waals surface area contributed by atoms with E-state index in [1.54, 1.807) is 12.1 Å². The fraction of sp³-hybridized carbons (Fsp3) is 0.471. The van der Waals surface area contributed by atoms with E-state index in [0.717, 1.165) is 18.5 Å². The van der Waals surface area contributed by atoms with Gasteiger partial charge in [-0.25, -0.2) is 0 Å². The summed E-state index contributed by atoms with van der Waals surface area (Å²) in [6.45, 7) is 7.25. The molecule has 1 aromatic rings. The summed E-state index contributed by atoms with van der Waals surface area (Å²) >= 11 is 5.12. The standard InChI is InChI=1S/C17H24N4O2S/c1-17(2,3)18-16(24)20-19-15(23)13-7-4-6-12(10-13)11-21-9-5-8-14(21)22/h4,6-7,10H,5,8-9,11H2,1-3H3,(H,19,23)(H2,18,20,24). The van der Waals surface area contributed by atoms with Gasteiger partial charge in [0.15, 0.2) is 5.11 Å². The first-order valence-electron chi connectivity index (χ1n) is 8.00. The van der Waals surface area contributed by atoms with Gasteiger partial charge >= 0.3 is 0 Å². The van der Waals surface area contributed by atoms with Crippen molar-refractivity contribution in [3.63, 3.8) is 0 Å². The fourth-order valence-electron chi connectivity index (χ4n) is 2.46. The number of nitrogens with one attached hydrogen (secondary N) is 3. The van der Waals surface area contributed by atoms with E-state index < -0.39 is 0 Å². The van der Waals surface area contributed by atoms with E-state index in [1.165, 1.54) is 0 Å². The molecule has 1 aliphatic heterocycles. The molecule has 0 atom stereocenters. The number of amides is 2. The minimum absolute atomic E-state index is 0.171. The minimum Gasteiger partial charge on any atom is -0.357 e. The molecule has 0 aromatic heterocycles. The number of carbonyl (C=O) groups is 2. The number of benzene rings is 1. The van der Waals surface area contributed by atoms with E-state index in [1.807, 2.05) is 37.8 Å². The highest BCUT2D eigenvalue weighted by atomic mass is 32.1. The van der Waals surface area contributed by atoms with Crippen LogP contribution in [0.15, 0.2) is 24.3 Å². The van der Waals surface area contributed by atoms with Crippen molar-refractivity contribution in [2.24, 2.45) is 0 Å². The lowest BCUT2D eigenvalue weighted by molar-refractivity contribution is -0.128. The molecule has 130 valence electrons. The number of hydrazine groups is 1. The van der Waals surface area contributed by atoms with Crippen LogP contribution in [0.4, 0.5) is 0 Å². The average molecular weight is 348 g/mol. The molecular formula is C17H24N4O2S. The molecule has 0 saturated carbocycles. The topological polar surface area (TPSA) is 73.5 Å². The van der Waals surface area contributed by atoms with Crippen LogP contribution in [0.2, 0.25) is 0 Å². The first-order chi connectivity index (χ1) is 11.2. The summed E-state index contributed by atoms with van der Waals surface area (Å²) in [6, 6.07) is 7.26. The predicted molar refractivity (Wildman–Crippen MR) is 97.2 cm³/mol. The van der Waals surface area contributed by atoms with Crippen LogP contribution >= 0.6 is 12.2 Å². The molecule has 3 N–H and O–H groups in total. The number of thiocarbonyl (C=S) groups is 1. The van der Waals surface area contributed by atoms with Crippen molar-refractivity contribution in [2.75, 3.05) is 6.54 Å². The van der Waals surface area contributed by atoms with Gasteiger partial charge in [0.1, 0.15) is 0 Å². The van der Waals surface area contributed by atoms with E-state index >= 15 is 0 Å². The second-order valence-electron chi connectivity index (χ2n) is 6.90. The number of likely N-dealkylation sites (tertiary alicyclic amines) is 1. The molecular weight excluding hydrogens is 324 g/mol. The van der Waals surface area contributed by atoms with Crippen LogP contribution < -0.4 is 16.2 Å². The molecule has 0 spiro atoms. The minimum atomic E-state index is -0.275. The number of hydrogen-bond donors (Lipinski definition) is 3. The zero-order valence-electron chi connectivity index (χ0n) is 14.3. The second-order valence-corrected chi connectivity index (χ2v) is 7.31. The Morgan fingerprint density at radius 1 is 1.29 bits per heavy atom. The van der Waals surface area contributed by atoms with E-state index in [9.17, 15) is 9.59 Å². The van der Waals surface area contributed by atoms with Crippen LogP contribution in [-0.4, -0.2) is 33.9 Å². The van der Waals surface area contributed by atoms with Gasteiger partial charge in [-0.2, -0.15) is 0 Å². The number of hydrogen-bond acceptors (Lipinski definition) is 3. The van der Waals surface area contributed by atoms with Crippen molar-refractivity contribution in [2.45, 2.75) is 45.7 Å². The van der Waals surface area contributed by atoms with Crippen molar-refractivity contribution in [1.29, 1.82) is 0 Å². The van der Waals surface area contributed by atoms with E-state index in [0.29, 0.717) is 23.6 Å². The third-order valence-corrected chi connectivity index (χ3v) is 3.72. The molecule has 24 heavy (non-hydrogen) atoms. The molecule has 1 saturated heterocycles. The lowest BCUT2D eigenvalue weighted by Gasteiger charge is -2.23. The Kier molecular flexibility index (Phi) is 5.77. The highest BCUT2D eigenvalue weighted by Crippen LogP contribution is 2.15. The number of rotatable bonds is 3. The van der Waals surface area contributed by atoms with E-state index in [2.05, 4.69) is 16.2 Å². The zero-order valence-corrected chi connectivity index (χ0v) is 15.1. The summed E-state index contributed by atoms with van der Waals surface area (Å²) in [5.41, 5.74) is 6.54. The van der Waals surface area contributed by atoms with Crippen molar-refractivity contribution in [3.8, 4) is 0 Å². The average Bonchev–Trinajstić information content (AvgIpc) is 2.88. The maximum atomic E-state index is 12.2. The van der Waals surface area contributed by atoms with Gasteiger partial charge in [0, 0.05) is 30.6 Å². The van der Waals surface area contributed by atoms with Crippen molar-refractivity contribution >= 4 is 29.1 Å². The Morgan fingerprint density at radius 3 is 2.67 bits per heavy atom. The molecule has 0 unspecified atom stereocenters. The second kappa shape index (κ2) is 7.61. The molecule has 0 aliphatic carbocycles. The summed E-state index contributed by atoms with van der Waals surface area (Å²) in [7, 11) is 0. The van der Waals surface area contributed by atoms with Gasteiger partial charge in [0.25, 0.3) is 5.91 Å². The van der Waals surface area contributed by atoms with Gasteiger partial charge < -0.3 is 10.2 Å². The van der Waals surface area contributed by atoms with Gasteiger partial charge in [-0.05, 0) is 57.1 Å². The Hall–Kier alpha value is -2.15. The molecule has 7 heteroatoms. The Balaban J connectivity index is 1.91. The quantitative estimate of drug-likeness (QED) is 0.573.